The third-order valence-corrected chi connectivity index (χ3v) is 7.97. The quantitative estimate of drug-likeness (QED) is 0.167. The summed E-state index contributed by atoms with van der Waals surface area (Å²) < 4.78 is 45.2. The van der Waals surface area contributed by atoms with E-state index in [1.54, 1.807) is 24.4 Å². The molecule has 241 valence electrons. The molecular formula is C43H37IrN3O-2. The van der Waals surface area contributed by atoms with E-state index in [2.05, 4.69) is 69.7 Å². The Labute approximate surface area is 303 Å². The number of rotatable bonds is 3. The summed E-state index contributed by atoms with van der Waals surface area (Å²) in [5.74, 6) is 0. The van der Waals surface area contributed by atoms with Crippen molar-refractivity contribution in [2.24, 2.45) is 0 Å². The van der Waals surface area contributed by atoms with Crippen molar-refractivity contribution in [3.8, 4) is 39.7 Å². The van der Waals surface area contributed by atoms with Crippen LogP contribution < -0.4 is 0 Å². The van der Waals surface area contributed by atoms with Crippen LogP contribution in [-0.4, -0.2) is 9.97 Å². The van der Waals surface area contributed by atoms with Crippen LogP contribution in [0.25, 0.3) is 55.6 Å². The van der Waals surface area contributed by atoms with E-state index in [4.69, 9.17) is 11.3 Å². The molecule has 0 N–H and O–H groups in total. The van der Waals surface area contributed by atoms with Crippen molar-refractivity contribution in [2.45, 2.75) is 52.4 Å². The van der Waals surface area contributed by atoms with Gasteiger partial charge < -0.3 is 14.4 Å². The van der Waals surface area contributed by atoms with Crippen molar-refractivity contribution in [3.63, 3.8) is 0 Å². The van der Waals surface area contributed by atoms with Gasteiger partial charge in [0.05, 0.1) is 24.1 Å². The second kappa shape index (κ2) is 14.1. The molecule has 48 heavy (non-hydrogen) atoms. The summed E-state index contributed by atoms with van der Waals surface area (Å²) in [5, 5.41) is 11.8. The van der Waals surface area contributed by atoms with E-state index >= 15 is 0 Å². The maximum atomic E-state index is 9.83. The fourth-order valence-corrected chi connectivity index (χ4v) is 5.51. The topological polar surface area (TPSA) is 62.7 Å². The number of furan rings is 1. The van der Waals surface area contributed by atoms with Crippen LogP contribution in [0.1, 0.15) is 65.1 Å². The minimum absolute atomic E-state index is 0. The van der Waals surface area contributed by atoms with Gasteiger partial charge in [-0.3, -0.25) is 0 Å². The molecule has 4 aromatic carbocycles. The fraction of sp³-hybridized carbons (Fsp3) is 0.186. The van der Waals surface area contributed by atoms with E-state index in [9.17, 15) is 5.26 Å². The molecule has 0 atom stereocenters. The molecule has 7 rings (SSSR count). The Bertz CT molecular complexity index is 2500. The minimum Gasteiger partial charge on any atom is -0.500 e. The summed E-state index contributed by atoms with van der Waals surface area (Å²) in [6.07, 6.45) is 1.34. The summed E-state index contributed by atoms with van der Waals surface area (Å²) in [5.41, 5.74) is 7.91. The van der Waals surface area contributed by atoms with Gasteiger partial charge in [-0.05, 0) is 46.0 Å². The summed E-state index contributed by atoms with van der Waals surface area (Å²) in [6, 6.07) is 33.1. The SMILES string of the molecule is [2H]c1ccnc(-c2[c-]cc(C(C)(C)C)c3c2oc2c(-c4ccccc4)c(C#N)ccc23)c1.[2H]c1nc(-c2[c-]cc(C(C)(C)C)cc2)c([2H])c([2H])c1[2H].[Ir]. The van der Waals surface area contributed by atoms with Crippen molar-refractivity contribution in [1.82, 2.24) is 9.97 Å². The van der Waals surface area contributed by atoms with Crippen LogP contribution in [0, 0.1) is 23.5 Å². The van der Waals surface area contributed by atoms with Crippen LogP contribution in [0.4, 0.5) is 0 Å². The standard InChI is InChI=1S/C28H21N2O.C15H16N.Ir/c1-28(2,3)22-15-14-20(23-11-7-8-16-30-23)26-25(22)21-13-12-19(17-29)24(27(21)31-26)18-9-5-4-6-10-18;1-15(2,3)13-9-7-12(8-10-13)14-6-4-5-11-16-14;/h4-13,15-16H,1-3H3;4-7,9-11H,1-3H3;/q2*-1;/i7D;4D,5D,6D,11D;. The van der Waals surface area contributed by atoms with Gasteiger partial charge in [-0.25, -0.2) is 0 Å². The number of nitriles is 1. The first-order valence-electron chi connectivity index (χ1n) is 17.9. The van der Waals surface area contributed by atoms with Crippen LogP contribution in [0.2, 0.25) is 0 Å². The fourth-order valence-electron chi connectivity index (χ4n) is 5.51. The zero-order valence-electron chi connectivity index (χ0n) is 32.7. The summed E-state index contributed by atoms with van der Waals surface area (Å²) in [4.78, 5) is 8.41. The van der Waals surface area contributed by atoms with Gasteiger partial charge in [0, 0.05) is 43.4 Å². The van der Waals surface area contributed by atoms with E-state index in [-0.39, 0.29) is 60.9 Å². The number of hydrogen-bond donors (Lipinski definition) is 0. The number of nitrogens with zero attached hydrogens (tertiary/aromatic N) is 3. The van der Waals surface area contributed by atoms with Gasteiger partial charge in [0.1, 0.15) is 5.58 Å². The van der Waals surface area contributed by atoms with Crippen molar-refractivity contribution in [2.75, 3.05) is 0 Å². The molecule has 4 nitrogen and oxygen atoms in total. The van der Waals surface area contributed by atoms with Crippen LogP contribution in [0.15, 0.2) is 120 Å². The second-order valence-electron chi connectivity index (χ2n) is 13.3. The zero-order chi connectivity index (χ0) is 37.5. The molecule has 7 aromatic rings. The average Bonchev–Trinajstić information content (AvgIpc) is 3.51. The van der Waals surface area contributed by atoms with Crippen LogP contribution >= 0.6 is 0 Å². The van der Waals surface area contributed by atoms with Gasteiger partial charge in [0.15, 0.2) is 0 Å². The molecule has 3 aromatic heterocycles. The summed E-state index contributed by atoms with van der Waals surface area (Å²) in [7, 11) is 0. The van der Waals surface area contributed by atoms with E-state index in [1.807, 2.05) is 60.7 Å². The Morgan fingerprint density at radius 1 is 0.771 bits per heavy atom. The van der Waals surface area contributed by atoms with E-state index in [0.29, 0.717) is 34.0 Å². The first-order valence-corrected chi connectivity index (χ1v) is 15.4. The summed E-state index contributed by atoms with van der Waals surface area (Å²) in [6.45, 7) is 12.8. The monoisotopic (exact) mass is 809 g/mol. The first kappa shape index (κ1) is 28.2. The van der Waals surface area contributed by atoms with Gasteiger partial charge in [-0.2, -0.15) is 5.26 Å². The molecule has 3 heterocycles. The third-order valence-electron chi connectivity index (χ3n) is 7.97. The molecule has 0 saturated heterocycles. The number of benzene rings is 4. The van der Waals surface area contributed by atoms with E-state index in [0.717, 1.165) is 38.6 Å². The molecule has 0 unspecified atom stereocenters. The van der Waals surface area contributed by atoms with Crippen LogP contribution in [-0.2, 0) is 30.9 Å². The maximum Gasteiger partial charge on any atom is 0.130 e. The van der Waals surface area contributed by atoms with Crippen molar-refractivity contribution < 1.29 is 31.4 Å². The first-order chi connectivity index (χ1) is 24.6. The van der Waals surface area contributed by atoms with Crippen molar-refractivity contribution in [1.29, 1.82) is 5.26 Å². The van der Waals surface area contributed by atoms with Gasteiger partial charge in [0.25, 0.3) is 0 Å². The Morgan fingerprint density at radius 3 is 2.23 bits per heavy atom. The molecule has 0 bridgehead atoms. The van der Waals surface area contributed by atoms with Gasteiger partial charge >= 0.3 is 0 Å². The normalized spacial score (nSPS) is 12.8. The summed E-state index contributed by atoms with van der Waals surface area (Å²) >= 11 is 0. The number of fused-ring (bicyclic) bond motifs is 3. The number of pyridine rings is 2. The molecule has 1 radical (unpaired) electrons. The minimum atomic E-state index is -0.315. The Kier molecular flexibility index (Phi) is 8.26. The Balaban J connectivity index is 0.000000223. The molecule has 5 heteroatoms. The Morgan fingerprint density at radius 2 is 1.56 bits per heavy atom. The molecule has 0 aliphatic heterocycles. The van der Waals surface area contributed by atoms with Crippen LogP contribution in [0.3, 0.4) is 0 Å². The molecule has 0 aliphatic carbocycles. The zero-order valence-corrected chi connectivity index (χ0v) is 30.1. The predicted molar refractivity (Wildman–Crippen MR) is 192 cm³/mol. The second-order valence-corrected chi connectivity index (χ2v) is 13.3. The molecule has 0 saturated carbocycles. The van der Waals surface area contributed by atoms with Gasteiger partial charge in [-0.15, -0.1) is 53.1 Å². The van der Waals surface area contributed by atoms with Crippen molar-refractivity contribution in [3.05, 3.63) is 144 Å². The smallest absolute Gasteiger partial charge is 0.130 e. The van der Waals surface area contributed by atoms with E-state index < -0.39 is 0 Å². The molecular weight excluding hydrogens is 767 g/mol. The molecule has 0 spiro atoms. The third kappa shape index (κ3) is 7.02. The Hall–Kier alpha value is -4.88. The molecule has 0 aliphatic rings. The maximum absolute atomic E-state index is 9.83. The average molecular weight is 809 g/mol. The van der Waals surface area contributed by atoms with Crippen molar-refractivity contribution >= 4 is 21.9 Å². The van der Waals surface area contributed by atoms with Gasteiger partial charge in [0.2, 0.25) is 0 Å². The van der Waals surface area contributed by atoms with Crippen LogP contribution in [0.5, 0.6) is 0 Å². The predicted octanol–water partition coefficient (Wildman–Crippen LogP) is 11.1. The number of aromatic nitrogens is 2. The number of hydrogen-bond acceptors (Lipinski definition) is 4. The van der Waals surface area contributed by atoms with E-state index in [1.165, 1.54) is 0 Å². The van der Waals surface area contributed by atoms with Gasteiger partial charge in [-0.1, -0.05) is 113 Å². The molecule has 0 amide bonds. The molecule has 0 fully saturated rings. The largest absolute Gasteiger partial charge is 0.500 e.